The van der Waals surface area contributed by atoms with Crippen molar-refractivity contribution in [3.05, 3.63) is 70.0 Å². The van der Waals surface area contributed by atoms with Gasteiger partial charge in [-0.15, -0.1) is 0 Å². The summed E-state index contributed by atoms with van der Waals surface area (Å²) in [5.74, 6) is 0.481. The number of aromatic nitrogens is 1. The van der Waals surface area contributed by atoms with Gasteiger partial charge in [0.15, 0.2) is 6.61 Å². The third-order valence-corrected chi connectivity index (χ3v) is 6.17. The Morgan fingerprint density at radius 1 is 1.12 bits per heavy atom. The molecule has 1 heterocycles. The van der Waals surface area contributed by atoms with E-state index in [2.05, 4.69) is 15.6 Å². The van der Waals surface area contributed by atoms with Crippen LogP contribution >= 0.6 is 0 Å². The molecule has 2 aromatic carbocycles. The van der Waals surface area contributed by atoms with Crippen molar-refractivity contribution in [1.82, 2.24) is 15.6 Å². The Hall–Kier alpha value is -3.36. The van der Waals surface area contributed by atoms with Crippen LogP contribution in [-0.2, 0) is 11.3 Å². The number of H-pyrrole nitrogens is 1. The second-order valence-electron chi connectivity index (χ2n) is 8.77. The van der Waals surface area contributed by atoms with Gasteiger partial charge in [-0.05, 0) is 48.2 Å². The van der Waals surface area contributed by atoms with Crippen LogP contribution in [0.1, 0.15) is 49.3 Å². The highest BCUT2D eigenvalue weighted by Crippen LogP contribution is 2.28. The molecule has 1 aliphatic rings. The molecule has 0 radical (unpaired) electrons. The summed E-state index contributed by atoms with van der Waals surface area (Å²) in [6.45, 7) is 0.755. The van der Waals surface area contributed by atoms with Crippen molar-refractivity contribution in [1.29, 1.82) is 0 Å². The zero-order chi connectivity index (χ0) is 23.9. The van der Waals surface area contributed by atoms with Crippen molar-refractivity contribution >= 4 is 16.8 Å². The molecule has 1 amide bonds. The maximum atomic E-state index is 12.2. The minimum Gasteiger partial charge on any atom is -0.506 e. The van der Waals surface area contributed by atoms with E-state index in [1.165, 1.54) is 18.6 Å². The SMILES string of the molecule is O=C(COc1cccc(CNC[C@@H](O)c2ccc(O)c3[nH]c(=O)ccc23)c1)NC1CCCCC1. The molecule has 0 unspecified atom stereocenters. The number of aliphatic hydroxyl groups is 1. The number of phenols is 1. The average molecular weight is 466 g/mol. The fourth-order valence-electron chi connectivity index (χ4n) is 4.42. The summed E-state index contributed by atoms with van der Waals surface area (Å²) in [7, 11) is 0. The van der Waals surface area contributed by atoms with Crippen molar-refractivity contribution in [2.75, 3.05) is 13.2 Å². The van der Waals surface area contributed by atoms with Crippen LogP contribution in [0.25, 0.3) is 10.9 Å². The molecular weight excluding hydrogens is 434 g/mol. The molecule has 8 heteroatoms. The molecule has 1 fully saturated rings. The van der Waals surface area contributed by atoms with Gasteiger partial charge in [0.1, 0.15) is 11.5 Å². The lowest BCUT2D eigenvalue weighted by Crippen LogP contribution is -2.38. The fourth-order valence-corrected chi connectivity index (χ4v) is 4.42. The van der Waals surface area contributed by atoms with Gasteiger partial charge in [0.2, 0.25) is 5.56 Å². The number of carbonyl (C=O) groups excluding carboxylic acids is 1. The van der Waals surface area contributed by atoms with E-state index in [4.69, 9.17) is 4.74 Å². The molecule has 1 saturated carbocycles. The number of amides is 1. The number of carbonyl (C=O) groups is 1. The normalized spacial score (nSPS) is 15.2. The number of ether oxygens (including phenoxy) is 1. The number of benzene rings is 2. The lowest BCUT2D eigenvalue weighted by atomic mass is 9.95. The Kier molecular flexibility index (Phi) is 7.82. The summed E-state index contributed by atoms with van der Waals surface area (Å²) in [5.41, 5.74) is 1.55. The van der Waals surface area contributed by atoms with E-state index < -0.39 is 6.10 Å². The molecule has 5 N–H and O–H groups in total. The van der Waals surface area contributed by atoms with Crippen LogP contribution in [0.3, 0.4) is 0 Å². The molecule has 1 atom stereocenters. The number of aliphatic hydroxyl groups excluding tert-OH is 1. The Morgan fingerprint density at radius 3 is 2.76 bits per heavy atom. The molecule has 180 valence electrons. The lowest BCUT2D eigenvalue weighted by molar-refractivity contribution is -0.124. The number of aromatic amines is 1. The van der Waals surface area contributed by atoms with Gasteiger partial charge >= 0.3 is 0 Å². The first-order chi connectivity index (χ1) is 16.5. The molecule has 4 rings (SSSR count). The molecular formula is C26H31N3O5. The first-order valence-electron chi connectivity index (χ1n) is 11.7. The van der Waals surface area contributed by atoms with E-state index in [0.29, 0.717) is 28.8 Å². The fraction of sp³-hybridized carbons (Fsp3) is 0.385. The topological polar surface area (TPSA) is 124 Å². The minimum atomic E-state index is -0.836. The van der Waals surface area contributed by atoms with Gasteiger partial charge in [-0.25, -0.2) is 0 Å². The number of pyridine rings is 1. The van der Waals surface area contributed by atoms with Crippen molar-refractivity contribution < 1.29 is 19.7 Å². The lowest BCUT2D eigenvalue weighted by Gasteiger charge is -2.22. The molecule has 0 bridgehead atoms. The number of hydrogen-bond acceptors (Lipinski definition) is 6. The molecule has 1 aliphatic carbocycles. The molecule has 0 spiro atoms. The van der Waals surface area contributed by atoms with Gasteiger partial charge < -0.3 is 30.6 Å². The van der Waals surface area contributed by atoms with Gasteiger partial charge in [0, 0.05) is 30.6 Å². The van der Waals surface area contributed by atoms with E-state index in [-0.39, 0.29) is 36.4 Å². The van der Waals surface area contributed by atoms with Crippen molar-refractivity contribution in [3.8, 4) is 11.5 Å². The average Bonchev–Trinajstić information content (AvgIpc) is 2.84. The zero-order valence-corrected chi connectivity index (χ0v) is 19.0. The van der Waals surface area contributed by atoms with Crippen LogP contribution in [0.15, 0.2) is 53.3 Å². The summed E-state index contributed by atoms with van der Waals surface area (Å²) in [6, 6.07) is 13.8. The second kappa shape index (κ2) is 11.2. The largest absolute Gasteiger partial charge is 0.506 e. The molecule has 8 nitrogen and oxygen atoms in total. The minimum absolute atomic E-state index is 0.0118. The smallest absolute Gasteiger partial charge is 0.258 e. The van der Waals surface area contributed by atoms with Crippen molar-refractivity contribution in [2.24, 2.45) is 0 Å². The van der Waals surface area contributed by atoms with E-state index in [0.717, 1.165) is 31.2 Å². The quantitative estimate of drug-likeness (QED) is 0.331. The predicted molar refractivity (Wildman–Crippen MR) is 130 cm³/mol. The number of phenolic OH excluding ortho intramolecular Hbond substituents is 1. The van der Waals surface area contributed by atoms with E-state index in [1.807, 2.05) is 24.3 Å². The van der Waals surface area contributed by atoms with Gasteiger partial charge in [0.05, 0.1) is 11.6 Å². The molecule has 0 aliphatic heterocycles. The number of aromatic hydroxyl groups is 1. The van der Waals surface area contributed by atoms with Crippen LogP contribution in [0.5, 0.6) is 11.5 Å². The molecule has 0 saturated heterocycles. The van der Waals surface area contributed by atoms with E-state index in [1.54, 1.807) is 12.1 Å². The van der Waals surface area contributed by atoms with Crippen LogP contribution in [-0.4, -0.2) is 40.3 Å². The third kappa shape index (κ3) is 6.15. The molecule has 34 heavy (non-hydrogen) atoms. The summed E-state index contributed by atoms with van der Waals surface area (Å²) in [6.07, 6.45) is 4.81. The Bertz CT molecular complexity index is 1190. The van der Waals surface area contributed by atoms with Gasteiger partial charge in [-0.1, -0.05) is 37.5 Å². The number of rotatable bonds is 9. The van der Waals surface area contributed by atoms with Crippen LogP contribution < -0.4 is 20.9 Å². The second-order valence-corrected chi connectivity index (χ2v) is 8.77. The first-order valence-corrected chi connectivity index (χ1v) is 11.7. The van der Waals surface area contributed by atoms with E-state index >= 15 is 0 Å². The highest BCUT2D eigenvalue weighted by Gasteiger charge is 2.16. The maximum Gasteiger partial charge on any atom is 0.258 e. The highest BCUT2D eigenvalue weighted by molar-refractivity contribution is 5.87. The van der Waals surface area contributed by atoms with Crippen LogP contribution in [0.4, 0.5) is 0 Å². The Balaban J connectivity index is 1.28. The first kappa shape index (κ1) is 23.8. The van der Waals surface area contributed by atoms with Crippen LogP contribution in [0, 0.1) is 0 Å². The maximum absolute atomic E-state index is 12.2. The Labute approximate surface area is 198 Å². The predicted octanol–water partition coefficient (Wildman–Crippen LogP) is 2.88. The van der Waals surface area contributed by atoms with Crippen LogP contribution in [0.2, 0.25) is 0 Å². The van der Waals surface area contributed by atoms with Crippen molar-refractivity contribution in [2.45, 2.75) is 50.8 Å². The van der Waals surface area contributed by atoms with E-state index in [9.17, 15) is 19.8 Å². The number of nitrogens with one attached hydrogen (secondary N) is 3. The highest BCUT2D eigenvalue weighted by atomic mass is 16.5. The standard InChI is InChI=1S/C26H31N3O5/c30-22-11-9-20(21-10-12-24(32)29-26(21)22)23(31)15-27-14-17-5-4-8-19(13-17)34-16-25(33)28-18-6-2-1-3-7-18/h4-5,8-13,18,23,27,30-31H,1-3,6-7,14-16H2,(H,28,33)(H,29,32)/t23-/m1/s1. The van der Waals surface area contributed by atoms with Gasteiger partial charge in [-0.3, -0.25) is 9.59 Å². The molecule has 3 aromatic rings. The number of fused-ring (bicyclic) bond motifs is 1. The summed E-state index contributed by atoms with van der Waals surface area (Å²) >= 11 is 0. The zero-order valence-electron chi connectivity index (χ0n) is 19.0. The number of hydrogen-bond donors (Lipinski definition) is 5. The Morgan fingerprint density at radius 2 is 1.94 bits per heavy atom. The summed E-state index contributed by atoms with van der Waals surface area (Å²) in [5, 5.41) is 27.6. The van der Waals surface area contributed by atoms with Gasteiger partial charge in [-0.2, -0.15) is 0 Å². The summed E-state index contributed by atoms with van der Waals surface area (Å²) in [4.78, 5) is 26.3. The van der Waals surface area contributed by atoms with Crippen molar-refractivity contribution in [3.63, 3.8) is 0 Å². The third-order valence-electron chi connectivity index (χ3n) is 6.17. The van der Waals surface area contributed by atoms with Gasteiger partial charge in [0.25, 0.3) is 5.91 Å². The monoisotopic (exact) mass is 465 g/mol. The molecule has 1 aromatic heterocycles. The summed E-state index contributed by atoms with van der Waals surface area (Å²) < 4.78 is 5.67.